The molecular formula is C13H9BrClFO. The van der Waals surface area contributed by atoms with Gasteiger partial charge < -0.3 is 4.74 Å². The highest BCUT2D eigenvalue weighted by Gasteiger charge is 2.03. The maximum absolute atomic E-state index is 12.8. The van der Waals surface area contributed by atoms with Gasteiger partial charge in [0.25, 0.3) is 0 Å². The number of hydrogen-bond donors (Lipinski definition) is 0. The largest absolute Gasteiger partial charge is 0.487 e. The lowest BCUT2D eigenvalue weighted by atomic mass is 10.2. The third-order valence-electron chi connectivity index (χ3n) is 2.18. The molecule has 2 aromatic rings. The van der Waals surface area contributed by atoms with Crippen molar-refractivity contribution in [2.45, 2.75) is 6.61 Å². The lowest BCUT2D eigenvalue weighted by molar-refractivity contribution is 0.306. The predicted octanol–water partition coefficient (Wildman–Crippen LogP) is 4.82. The summed E-state index contributed by atoms with van der Waals surface area (Å²) in [5.41, 5.74) is 1.01. The van der Waals surface area contributed by atoms with Crippen LogP contribution in [0.3, 0.4) is 0 Å². The summed E-state index contributed by atoms with van der Waals surface area (Å²) in [5.74, 6) is 0.109. The second kappa shape index (κ2) is 5.52. The molecule has 0 N–H and O–H groups in total. The summed E-state index contributed by atoms with van der Waals surface area (Å²) < 4.78 is 19.3. The van der Waals surface area contributed by atoms with E-state index in [9.17, 15) is 4.39 Å². The zero-order valence-electron chi connectivity index (χ0n) is 8.79. The van der Waals surface area contributed by atoms with Crippen LogP contribution in [0.25, 0.3) is 0 Å². The van der Waals surface area contributed by atoms with E-state index in [0.29, 0.717) is 12.4 Å². The van der Waals surface area contributed by atoms with Crippen molar-refractivity contribution in [1.29, 1.82) is 0 Å². The van der Waals surface area contributed by atoms with Crippen LogP contribution >= 0.6 is 27.5 Å². The van der Waals surface area contributed by atoms with Gasteiger partial charge in [-0.1, -0.05) is 39.7 Å². The molecular weight excluding hydrogens is 306 g/mol. The molecule has 0 aliphatic heterocycles. The smallest absolute Gasteiger partial charge is 0.138 e. The Morgan fingerprint density at radius 3 is 2.71 bits per heavy atom. The molecule has 88 valence electrons. The van der Waals surface area contributed by atoms with Gasteiger partial charge in [0.05, 0.1) is 5.02 Å². The standard InChI is InChI=1S/C13H9BrClFO/c14-10-3-1-2-9(6-10)8-17-13-5-4-11(16)7-12(13)15/h1-7H,8H2. The molecule has 0 aromatic heterocycles. The summed E-state index contributed by atoms with van der Waals surface area (Å²) in [4.78, 5) is 0. The van der Waals surface area contributed by atoms with Crippen molar-refractivity contribution in [3.8, 4) is 5.75 Å². The van der Waals surface area contributed by atoms with Crippen LogP contribution in [0.1, 0.15) is 5.56 Å². The molecule has 0 saturated heterocycles. The number of hydrogen-bond acceptors (Lipinski definition) is 1. The van der Waals surface area contributed by atoms with E-state index in [0.717, 1.165) is 10.0 Å². The van der Waals surface area contributed by atoms with Crippen molar-refractivity contribution in [3.63, 3.8) is 0 Å². The Morgan fingerprint density at radius 2 is 2.00 bits per heavy atom. The minimum absolute atomic E-state index is 0.278. The Bertz CT molecular complexity index is 531. The van der Waals surface area contributed by atoms with Crippen LogP contribution in [0.5, 0.6) is 5.75 Å². The fourth-order valence-electron chi connectivity index (χ4n) is 1.38. The highest BCUT2D eigenvalue weighted by atomic mass is 79.9. The Hall–Kier alpha value is -1.06. The first kappa shape index (κ1) is 12.4. The summed E-state index contributed by atoms with van der Waals surface area (Å²) in [6.45, 7) is 0.394. The van der Waals surface area contributed by atoms with Crippen LogP contribution in [0, 0.1) is 5.82 Å². The van der Waals surface area contributed by atoms with Gasteiger partial charge in [0.2, 0.25) is 0 Å². The van der Waals surface area contributed by atoms with Crippen molar-refractivity contribution in [2.75, 3.05) is 0 Å². The van der Waals surface area contributed by atoms with E-state index >= 15 is 0 Å². The normalized spacial score (nSPS) is 10.3. The zero-order valence-corrected chi connectivity index (χ0v) is 11.1. The first-order valence-electron chi connectivity index (χ1n) is 4.97. The number of benzene rings is 2. The Balaban J connectivity index is 2.07. The van der Waals surface area contributed by atoms with Crippen molar-refractivity contribution < 1.29 is 9.13 Å². The van der Waals surface area contributed by atoms with Gasteiger partial charge in [-0.2, -0.15) is 0 Å². The average Bonchev–Trinajstić information content (AvgIpc) is 2.28. The van der Waals surface area contributed by atoms with Crippen LogP contribution in [0.2, 0.25) is 5.02 Å². The molecule has 0 spiro atoms. The van der Waals surface area contributed by atoms with Gasteiger partial charge in [-0.3, -0.25) is 0 Å². The number of rotatable bonds is 3. The van der Waals surface area contributed by atoms with E-state index in [2.05, 4.69) is 15.9 Å². The molecule has 17 heavy (non-hydrogen) atoms. The average molecular weight is 316 g/mol. The fourth-order valence-corrected chi connectivity index (χ4v) is 2.05. The van der Waals surface area contributed by atoms with Crippen LogP contribution < -0.4 is 4.74 Å². The molecule has 4 heteroatoms. The summed E-state index contributed by atoms with van der Waals surface area (Å²) >= 11 is 9.23. The molecule has 0 saturated carbocycles. The minimum atomic E-state index is -0.371. The molecule has 0 bridgehead atoms. The van der Waals surface area contributed by atoms with Crippen molar-refractivity contribution in [2.24, 2.45) is 0 Å². The van der Waals surface area contributed by atoms with Gasteiger partial charge in [-0.05, 0) is 35.9 Å². The lowest BCUT2D eigenvalue weighted by Gasteiger charge is -2.08. The SMILES string of the molecule is Fc1ccc(OCc2cccc(Br)c2)c(Cl)c1. The van der Waals surface area contributed by atoms with E-state index in [4.69, 9.17) is 16.3 Å². The van der Waals surface area contributed by atoms with Gasteiger partial charge >= 0.3 is 0 Å². The van der Waals surface area contributed by atoms with Gasteiger partial charge in [-0.15, -0.1) is 0 Å². The molecule has 0 radical (unpaired) electrons. The highest BCUT2D eigenvalue weighted by Crippen LogP contribution is 2.25. The quantitative estimate of drug-likeness (QED) is 0.789. The maximum Gasteiger partial charge on any atom is 0.138 e. The van der Waals surface area contributed by atoms with E-state index in [1.807, 2.05) is 24.3 Å². The molecule has 0 heterocycles. The van der Waals surface area contributed by atoms with E-state index < -0.39 is 0 Å². The van der Waals surface area contributed by atoms with E-state index in [1.54, 1.807) is 0 Å². The first-order chi connectivity index (χ1) is 8.15. The molecule has 0 aliphatic rings. The first-order valence-corrected chi connectivity index (χ1v) is 6.14. The second-order valence-corrected chi connectivity index (χ2v) is 4.82. The Labute approximate surface area is 112 Å². The topological polar surface area (TPSA) is 9.23 Å². The van der Waals surface area contributed by atoms with Crippen LogP contribution in [0.4, 0.5) is 4.39 Å². The molecule has 0 fully saturated rings. The highest BCUT2D eigenvalue weighted by molar-refractivity contribution is 9.10. The Morgan fingerprint density at radius 1 is 1.18 bits per heavy atom. The van der Waals surface area contributed by atoms with Gasteiger partial charge in [0, 0.05) is 4.47 Å². The van der Waals surface area contributed by atoms with Crippen molar-refractivity contribution in [3.05, 3.63) is 63.3 Å². The molecule has 0 aliphatic carbocycles. The monoisotopic (exact) mass is 314 g/mol. The molecule has 0 amide bonds. The van der Waals surface area contributed by atoms with Crippen LogP contribution in [0.15, 0.2) is 46.9 Å². The number of halogens is 3. The van der Waals surface area contributed by atoms with E-state index in [1.165, 1.54) is 18.2 Å². The predicted molar refractivity (Wildman–Crippen MR) is 69.9 cm³/mol. The number of ether oxygens (including phenoxy) is 1. The molecule has 2 aromatic carbocycles. The zero-order chi connectivity index (χ0) is 12.3. The Kier molecular flexibility index (Phi) is 4.02. The van der Waals surface area contributed by atoms with Crippen LogP contribution in [-0.4, -0.2) is 0 Å². The minimum Gasteiger partial charge on any atom is -0.487 e. The van der Waals surface area contributed by atoms with Crippen LogP contribution in [-0.2, 0) is 6.61 Å². The summed E-state index contributed by atoms with van der Waals surface area (Å²) in [7, 11) is 0. The summed E-state index contributed by atoms with van der Waals surface area (Å²) in [5, 5.41) is 0.278. The van der Waals surface area contributed by atoms with Gasteiger partial charge in [-0.25, -0.2) is 4.39 Å². The third kappa shape index (κ3) is 3.45. The summed E-state index contributed by atoms with van der Waals surface area (Å²) in [6.07, 6.45) is 0. The maximum atomic E-state index is 12.8. The molecule has 1 nitrogen and oxygen atoms in total. The van der Waals surface area contributed by atoms with E-state index in [-0.39, 0.29) is 10.8 Å². The summed E-state index contributed by atoms with van der Waals surface area (Å²) in [6, 6.07) is 11.8. The molecule has 0 atom stereocenters. The second-order valence-electron chi connectivity index (χ2n) is 3.49. The van der Waals surface area contributed by atoms with Crippen molar-refractivity contribution >= 4 is 27.5 Å². The van der Waals surface area contributed by atoms with Gasteiger partial charge in [0.1, 0.15) is 18.2 Å². The fraction of sp³-hybridized carbons (Fsp3) is 0.0769. The molecule has 0 unspecified atom stereocenters. The van der Waals surface area contributed by atoms with Gasteiger partial charge in [0.15, 0.2) is 0 Å². The molecule has 2 rings (SSSR count). The van der Waals surface area contributed by atoms with Crippen molar-refractivity contribution in [1.82, 2.24) is 0 Å². The lowest BCUT2D eigenvalue weighted by Crippen LogP contribution is -1.96. The third-order valence-corrected chi connectivity index (χ3v) is 2.97.